The van der Waals surface area contributed by atoms with Gasteiger partial charge < -0.3 is 4.74 Å². The number of ether oxygens (including phenoxy) is 1. The maximum atomic E-state index is 6.24. The number of hydrogen-bond acceptors (Lipinski definition) is 3. The minimum absolute atomic E-state index is 0.216. The first kappa shape index (κ1) is 16.8. The van der Waals surface area contributed by atoms with Crippen LogP contribution in [-0.4, -0.2) is 20.9 Å². The quantitative estimate of drug-likeness (QED) is 0.493. The second-order valence-corrected chi connectivity index (χ2v) is 7.77. The number of rotatable bonds is 3. The van der Waals surface area contributed by atoms with Crippen molar-refractivity contribution in [2.45, 2.75) is 25.8 Å². The summed E-state index contributed by atoms with van der Waals surface area (Å²) >= 11 is 0. The van der Waals surface area contributed by atoms with Crippen LogP contribution in [0.1, 0.15) is 30.5 Å². The lowest BCUT2D eigenvalue weighted by Gasteiger charge is -2.30. The molecule has 0 bridgehead atoms. The van der Waals surface area contributed by atoms with Gasteiger partial charge in [-0.25, -0.2) is 4.52 Å². The van der Waals surface area contributed by atoms with Crippen LogP contribution in [0.15, 0.2) is 84.1 Å². The van der Waals surface area contributed by atoms with Crippen molar-refractivity contribution in [1.29, 1.82) is 0 Å². The minimum atomic E-state index is -0.216. The summed E-state index contributed by atoms with van der Waals surface area (Å²) in [5.74, 6) is 1.73. The van der Waals surface area contributed by atoms with E-state index in [4.69, 9.17) is 9.73 Å². The van der Waals surface area contributed by atoms with Crippen molar-refractivity contribution in [1.82, 2.24) is 9.61 Å². The van der Waals surface area contributed by atoms with Gasteiger partial charge in [-0.05, 0) is 50.2 Å². The molecule has 0 N–H and O–H groups in total. The molecule has 2 aromatic heterocycles. The smallest absolute Gasteiger partial charge is 0.131 e. The number of hydrogen-bond donors (Lipinski definition) is 0. The van der Waals surface area contributed by atoms with Gasteiger partial charge in [-0.15, -0.1) is 0 Å². The van der Waals surface area contributed by atoms with Crippen LogP contribution in [0.2, 0.25) is 0 Å². The van der Waals surface area contributed by atoms with E-state index in [1.165, 1.54) is 5.56 Å². The van der Waals surface area contributed by atoms with Gasteiger partial charge in [0.2, 0.25) is 0 Å². The van der Waals surface area contributed by atoms with Crippen molar-refractivity contribution >= 4 is 11.2 Å². The van der Waals surface area contributed by atoms with E-state index in [1.807, 2.05) is 65.4 Å². The van der Waals surface area contributed by atoms with E-state index >= 15 is 0 Å². The monoisotopic (exact) mass is 367 g/mol. The molecule has 4 heteroatoms. The van der Waals surface area contributed by atoms with E-state index in [1.54, 1.807) is 0 Å². The summed E-state index contributed by atoms with van der Waals surface area (Å²) in [4.78, 5) is 5.08. The topological polar surface area (TPSA) is 38.9 Å². The average Bonchev–Trinajstić information content (AvgIpc) is 3.16. The third kappa shape index (κ3) is 2.97. The van der Waals surface area contributed by atoms with Crippen molar-refractivity contribution in [3.05, 3.63) is 95.8 Å². The fraction of sp³-hybridized carbons (Fsp3) is 0.167. The van der Waals surface area contributed by atoms with Gasteiger partial charge in [-0.3, -0.25) is 4.99 Å². The number of aliphatic imine (C=N–C) groups is 1. The molecule has 28 heavy (non-hydrogen) atoms. The Morgan fingerprint density at radius 3 is 2.68 bits per heavy atom. The predicted molar refractivity (Wildman–Crippen MR) is 112 cm³/mol. The van der Waals surface area contributed by atoms with Crippen LogP contribution in [0.25, 0.3) is 5.52 Å². The van der Waals surface area contributed by atoms with Crippen molar-refractivity contribution in [2.75, 3.05) is 0 Å². The highest BCUT2D eigenvalue weighted by atomic mass is 16.5. The van der Waals surface area contributed by atoms with Crippen LogP contribution in [-0.2, 0) is 6.42 Å². The second-order valence-electron chi connectivity index (χ2n) is 7.77. The number of benzene rings is 2. The van der Waals surface area contributed by atoms with Crippen LogP contribution >= 0.6 is 0 Å². The Balaban J connectivity index is 1.64. The molecule has 138 valence electrons. The Morgan fingerprint density at radius 1 is 0.964 bits per heavy atom. The largest absolute Gasteiger partial charge is 0.457 e. The highest BCUT2D eigenvalue weighted by Crippen LogP contribution is 2.36. The molecular weight excluding hydrogens is 346 g/mol. The minimum Gasteiger partial charge on any atom is -0.457 e. The van der Waals surface area contributed by atoms with Crippen LogP contribution in [0.5, 0.6) is 11.5 Å². The maximum absolute atomic E-state index is 6.24. The van der Waals surface area contributed by atoms with Gasteiger partial charge in [-0.2, -0.15) is 5.10 Å². The van der Waals surface area contributed by atoms with Gasteiger partial charge >= 0.3 is 0 Å². The third-order valence-electron chi connectivity index (χ3n) is 5.04. The average molecular weight is 367 g/mol. The standard InChI is InChI=1S/C24H21N3O/c1-24(2)15-21-20(11-6-12-22(21)28-19-9-4-3-5-10-19)23(26-24)17-14-18-8-7-13-27(18)25-16-17/h3-14,16H,15H2,1-2H3. The number of aromatic nitrogens is 2. The summed E-state index contributed by atoms with van der Waals surface area (Å²) in [6, 6.07) is 22.3. The van der Waals surface area contributed by atoms with Gasteiger partial charge in [0, 0.05) is 29.3 Å². The van der Waals surface area contributed by atoms with Gasteiger partial charge in [-0.1, -0.05) is 30.3 Å². The van der Waals surface area contributed by atoms with E-state index in [0.717, 1.165) is 40.3 Å². The Kier molecular flexibility index (Phi) is 3.79. The van der Waals surface area contributed by atoms with E-state index in [-0.39, 0.29) is 5.54 Å². The second kappa shape index (κ2) is 6.34. The lowest BCUT2D eigenvalue weighted by atomic mass is 9.84. The normalized spacial score (nSPS) is 15.1. The van der Waals surface area contributed by atoms with Gasteiger partial charge in [0.05, 0.1) is 23.0 Å². The molecule has 4 nitrogen and oxygen atoms in total. The Morgan fingerprint density at radius 2 is 1.82 bits per heavy atom. The fourth-order valence-corrected chi connectivity index (χ4v) is 3.79. The summed E-state index contributed by atoms with van der Waals surface area (Å²) in [6.07, 6.45) is 4.67. The van der Waals surface area contributed by atoms with E-state index in [0.29, 0.717) is 0 Å². The van der Waals surface area contributed by atoms with Gasteiger partial charge in [0.25, 0.3) is 0 Å². The van der Waals surface area contributed by atoms with E-state index < -0.39 is 0 Å². The first-order valence-electron chi connectivity index (χ1n) is 9.48. The van der Waals surface area contributed by atoms with Crippen LogP contribution in [0, 0.1) is 0 Å². The highest BCUT2D eigenvalue weighted by molar-refractivity contribution is 6.15. The molecule has 5 rings (SSSR count). The molecule has 3 heterocycles. The Labute approximate surface area is 164 Å². The van der Waals surface area contributed by atoms with E-state index in [2.05, 4.69) is 37.1 Å². The Bertz CT molecular complexity index is 1190. The zero-order valence-corrected chi connectivity index (χ0v) is 16.0. The zero-order valence-electron chi connectivity index (χ0n) is 16.0. The van der Waals surface area contributed by atoms with Gasteiger partial charge in [0.1, 0.15) is 11.5 Å². The first-order valence-corrected chi connectivity index (χ1v) is 9.48. The van der Waals surface area contributed by atoms with Crippen LogP contribution < -0.4 is 4.74 Å². The van der Waals surface area contributed by atoms with Gasteiger partial charge in [0.15, 0.2) is 0 Å². The van der Waals surface area contributed by atoms with Crippen molar-refractivity contribution < 1.29 is 4.74 Å². The summed E-state index contributed by atoms with van der Waals surface area (Å²) in [7, 11) is 0. The molecule has 0 saturated carbocycles. The third-order valence-corrected chi connectivity index (χ3v) is 5.04. The molecule has 0 fully saturated rings. The molecule has 4 aromatic rings. The summed E-state index contributed by atoms with van der Waals surface area (Å²) in [5, 5.41) is 4.53. The molecule has 0 radical (unpaired) electrons. The summed E-state index contributed by atoms with van der Waals surface area (Å²) in [5.41, 5.74) is 5.15. The summed E-state index contributed by atoms with van der Waals surface area (Å²) < 4.78 is 8.11. The van der Waals surface area contributed by atoms with Crippen LogP contribution in [0.3, 0.4) is 0 Å². The molecule has 0 saturated heterocycles. The first-order chi connectivity index (χ1) is 13.6. The number of nitrogens with zero attached hydrogens (tertiary/aromatic N) is 3. The number of fused-ring (bicyclic) bond motifs is 2. The molecular formula is C24H21N3O. The van der Waals surface area contributed by atoms with Crippen molar-refractivity contribution in [3.63, 3.8) is 0 Å². The zero-order chi connectivity index (χ0) is 19.1. The lowest BCUT2D eigenvalue weighted by molar-refractivity contribution is 0.455. The van der Waals surface area contributed by atoms with Crippen molar-refractivity contribution in [3.8, 4) is 11.5 Å². The number of para-hydroxylation sites is 1. The lowest BCUT2D eigenvalue weighted by Crippen LogP contribution is -2.29. The summed E-state index contributed by atoms with van der Waals surface area (Å²) in [6.45, 7) is 4.33. The molecule has 0 unspecified atom stereocenters. The molecule has 0 spiro atoms. The molecule has 1 aliphatic rings. The van der Waals surface area contributed by atoms with Crippen LogP contribution in [0.4, 0.5) is 0 Å². The Hall–Kier alpha value is -3.40. The fourth-order valence-electron chi connectivity index (χ4n) is 3.79. The SMILES string of the molecule is CC1(C)Cc2c(Oc3ccccc3)cccc2C(c2cnn3cccc3c2)=N1. The van der Waals surface area contributed by atoms with E-state index in [9.17, 15) is 0 Å². The highest BCUT2D eigenvalue weighted by Gasteiger charge is 2.30. The molecule has 2 aromatic carbocycles. The molecule has 1 aliphatic heterocycles. The maximum Gasteiger partial charge on any atom is 0.131 e. The predicted octanol–water partition coefficient (Wildman–Crippen LogP) is 5.30. The van der Waals surface area contributed by atoms with Crippen molar-refractivity contribution in [2.24, 2.45) is 4.99 Å². The molecule has 0 atom stereocenters. The molecule has 0 amide bonds. The molecule has 0 aliphatic carbocycles.